The number of amides is 1. The first kappa shape index (κ1) is 46.8. The summed E-state index contributed by atoms with van der Waals surface area (Å²) in [5, 5.41) is 35.5. The number of halogens is 2. The number of rotatable bonds is 10. The Morgan fingerprint density at radius 3 is 1.49 bits per heavy atom. The number of piperazine rings is 2. The number of H-pyrrole nitrogens is 2. The highest BCUT2D eigenvalue weighted by Crippen LogP contribution is 2.28. The molecule has 0 aliphatic carbocycles. The lowest BCUT2D eigenvalue weighted by molar-refractivity contribution is -0.131. The molecule has 0 bridgehead atoms. The van der Waals surface area contributed by atoms with E-state index in [1.165, 1.54) is 45.4 Å². The fourth-order valence-corrected chi connectivity index (χ4v) is 8.29. The van der Waals surface area contributed by atoms with Gasteiger partial charge in [0.05, 0.1) is 81.5 Å². The molecule has 1 amide bonds. The minimum atomic E-state index is -1.66. The summed E-state index contributed by atoms with van der Waals surface area (Å²) >= 11 is 0. The van der Waals surface area contributed by atoms with Crippen LogP contribution in [0.2, 0.25) is 0 Å². The molecule has 8 aromatic heterocycles. The monoisotopic (exact) mass is 990 g/mol. The number of fused-ring (bicyclic) bond motifs is 2. The molecule has 4 N–H and O–H groups in total. The predicted molar refractivity (Wildman–Crippen MR) is 255 cm³/mol. The van der Waals surface area contributed by atoms with E-state index in [9.17, 15) is 28.0 Å². The van der Waals surface area contributed by atoms with Crippen molar-refractivity contribution in [2.45, 2.75) is 0 Å². The Labute approximate surface area is 409 Å². The van der Waals surface area contributed by atoms with Gasteiger partial charge in [-0.15, -0.1) is 10.2 Å². The third-order valence-electron chi connectivity index (χ3n) is 11.8. The number of benzene rings is 2. The van der Waals surface area contributed by atoms with Crippen LogP contribution in [0.1, 0.15) is 20.7 Å². The normalized spacial score (nSPS) is 13.6. The van der Waals surface area contributed by atoms with Gasteiger partial charge in [0.1, 0.15) is 12.7 Å². The number of carbonyl (C=O) groups is 4. The summed E-state index contributed by atoms with van der Waals surface area (Å²) < 4.78 is 34.8. The second-order valence-electron chi connectivity index (χ2n) is 16.1. The molecular formula is C46H40F2N20O5. The van der Waals surface area contributed by atoms with Crippen LogP contribution in [0, 0.1) is 11.6 Å². The van der Waals surface area contributed by atoms with Crippen LogP contribution in [0.15, 0.2) is 123 Å². The molecule has 2 aliphatic rings. The lowest BCUT2D eigenvalue weighted by Gasteiger charge is -2.34. The highest BCUT2D eigenvalue weighted by atomic mass is 19.1. The van der Waals surface area contributed by atoms with Crippen molar-refractivity contribution in [3.05, 3.63) is 146 Å². The van der Waals surface area contributed by atoms with E-state index in [0.717, 1.165) is 62.1 Å². The molecular weight excluding hydrogens is 951 g/mol. The predicted octanol–water partition coefficient (Wildman–Crippen LogP) is 2.62. The van der Waals surface area contributed by atoms with Crippen molar-refractivity contribution in [2.24, 2.45) is 0 Å². The molecule has 0 atom stereocenters. The maximum atomic E-state index is 14.7. The van der Waals surface area contributed by atoms with Crippen molar-refractivity contribution in [2.75, 3.05) is 62.2 Å². The number of aromatic amines is 2. The van der Waals surface area contributed by atoms with Gasteiger partial charge in [0.2, 0.25) is 11.9 Å². The topological polar surface area (TPSA) is 290 Å². The Bertz CT molecular complexity index is 3550. The molecule has 0 saturated carbocycles. The Hall–Kier alpha value is -9.92. The van der Waals surface area contributed by atoms with E-state index in [4.69, 9.17) is 5.11 Å². The second kappa shape index (κ2) is 20.6. The van der Waals surface area contributed by atoms with Gasteiger partial charge in [-0.1, -0.05) is 46.8 Å². The standard InChI is InChI=1S/C23H19FN10O2.C12H15N5.C11H6FN5O3/c24-17-13-26-21(33-7-6-28-30-33)19-18(17)16(12-25-19)20(35)22(36)31-8-10-32(11-9-31)23-27-14-29-34(23)15-4-2-1-3-5-15;1-2-4-11(5-3-1)17-12(14-10-15-17)16-8-6-13-7-9-16;12-6-4-14-10(17-2-1-15-16-17)8-7(6)5(3-13-8)9(18)11(19)20/h1-7,12-14,25H,8-11H2;1-5,10,13H,6-9H2;1-4,13H,(H,19,20). The number of aliphatic carboxylic acids is 1. The Kier molecular flexibility index (Phi) is 13.2. The van der Waals surface area contributed by atoms with E-state index in [-0.39, 0.29) is 44.6 Å². The lowest BCUT2D eigenvalue weighted by atomic mass is 10.1. The highest BCUT2D eigenvalue weighted by Gasteiger charge is 2.31. The van der Waals surface area contributed by atoms with Gasteiger partial charge in [-0.05, 0) is 24.3 Å². The summed E-state index contributed by atoms with van der Waals surface area (Å²) in [4.78, 5) is 76.4. The third kappa shape index (κ3) is 9.44. The van der Waals surface area contributed by atoms with Crippen LogP contribution in [0.25, 0.3) is 44.8 Å². The summed E-state index contributed by atoms with van der Waals surface area (Å²) in [5.74, 6) is -3.80. The number of carboxylic acids is 1. The number of hydrogen-bond acceptors (Lipinski definition) is 17. The molecule has 2 aliphatic heterocycles. The zero-order valence-corrected chi connectivity index (χ0v) is 38.1. The number of ketones is 2. The smallest absolute Gasteiger partial charge is 0.377 e. The van der Waals surface area contributed by atoms with E-state index in [1.54, 1.807) is 17.2 Å². The molecule has 27 heteroatoms. The van der Waals surface area contributed by atoms with Crippen LogP contribution in [-0.4, -0.2) is 165 Å². The largest absolute Gasteiger partial charge is 0.475 e. The van der Waals surface area contributed by atoms with Crippen molar-refractivity contribution in [1.82, 2.24) is 89.7 Å². The van der Waals surface area contributed by atoms with Crippen molar-refractivity contribution < 1.29 is 33.1 Å². The van der Waals surface area contributed by atoms with Gasteiger partial charge >= 0.3 is 5.97 Å². The Morgan fingerprint density at radius 2 is 1.04 bits per heavy atom. The average Bonchev–Trinajstić information content (AvgIpc) is 4.30. The van der Waals surface area contributed by atoms with Crippen LogP contribution in [0.3, 0.4) is 0 Å². The van der Waals surface area contributed by atoms with Gasteiger partial charge in [-0.2, -0.15) is 29.5 Å². The lowest BCUT2D eigenvalue weighted by Crippen LogP contribution is -2.51. The quantitative estimate of drug-likeness (QED) is 0.113. The Balaban J connectivity index is 0.000000139. The summed E-state index contributed by atoms with van der Waals surface area (Å²) in [6, 6.07) is 19.7. The van der Waals surface area contributed by atoms with Crippen LogP contribution in [0.5, 0.6) is 0 Å². The van der Waals surface area contributed by atoms with Crippen LogP contribution < -0.4 is 15.1 Å². The minimum absolute atomic E-state index is 0.0107. The molecule has 0 radical (unpaired) electrons. The number of anilines is 2. The molecule has 10 heterocycles. The summed E-state index contributed by atoms with van der Waals surface area (Å²) in [7, 11) is 0. The summed E-state index contributed by atoms with van der Waals surface area (Å²) in [6.45, 7) is 5.51. The highest BCUT2D eigenvalue weighted by molar-refractivity contribution is 6.45. The molecule has 2 aromatic carbocycles. The number of hydrogen-bond donors (Lipinski definition) is 4. The number of carboxylic acid groups (broad SMARTS) is 1. The fourth-order valence-electron chi connectivity index (χ4n) is 8.29. The molecule has 2 saturated heterocycles. The van der Waals surface area contributed by atoms with Gasteiger partial charge in [-0.3, -0.25) is 14.4 Å². The van der Waals surface area contributed by atoms with Gasteiger partial charge < -0.3 is 35.1 Å². The van der Waals surface area contributed by atoms with E-state index in [0.29, 0.717) is 32.1 Å². The average molecular weight is 991 g/mol. The SMILES string of the molecule is O=C(C(=O)N1CCN(c2ncnn2-c2ccccc2)CC1)c1c[nH]c2c(-n3ccnn3)ncc(F)c12.O=C(O)C(=O)c1c[nH]c2c(-n3ccnn3)ncc(F)c12.c1ccc(-n2ncnc2N2CCNCC2)cc1. The first-order valence-corrected chi connectivity index (χ1v) is 22.4. The number of carbonyl (C=O) groups excluding carboxylic acids is 3. The number of Topliss-reactive ketones (excluding diaryl/α,β-unsaturated/α-hetero) is 2. The van der Waals surface area contributed by atoms with Crippen molar-refractivity contribution >= 4 is 57.1 Å². The first-order valence-electron chi connectivity index (χ1n) is 22.4. The van der Waals surface area contributed by atoms with Gasteiger partial charge in [0.15, 0.2) is 23.3 Å². The van der Waals surface area contributed by atoms with E-state index >= 15 is 0 Å². The molecule has 0 spiro atoms. The van der Waals surface area contributed by atoms with Gasteiger partial charge in [-0.25, -0.2) is 32.9 Å². The summed E-state index contributed by atoms with van der Waals surface area (Å²) in [6.07, 6.45) is 13.3. The molecule has 12 rings (SSSR count). The van der Waals surface area contributed by atoms with Gasteiger partial charge in [0, 0.05) is 64.8 Å². The maximum Gasteiger partial charge on any atom is 0.377 e. The van der Waals surface area contributed by atoms with E-state index in [2.05, 4.69) is 70.9 Å². The molecule has 0 unspecified atom stereocenters. The maximum absolute atomic E-state index is 14.7. The molecule has 368 valence electrons. The Morgan fingerprint density at radius 1 is 0.575 bits per heavy atom. The van der Waals surface area contributed by atoms with Crippen molar-refractivity contribution in [1.29, 1.82) is 0 Å². The van der Waals surface area contributed by atoms with E-state index in [1.807, 2.05) is 70.2 Å². The number of para-hydroxylation sites is 2. The number of pyridine rings is 2. The van der Waals surface area contributed by atoms with Gasteiger partial charge in [0.25, 0.3) is 17.5 Å². The number of nitrogens with one attached hydrogen (secondary N) is 3. The summed E-state index contributed by atoms with van der Waals surface area (Å²) in [5.41, 5.74) is 2.02. The molecule has 73 heavy (non-hydrogen) atoms. The van der Waals surface area contributed by atoms with Crippen LogP contribution in [-0.2, 0) is 9.59 Å². The molecule has 2 fully saturated rings. The minimum Gasteiger partial charge on any atom is -0.475 e. The molecule has 25 nitrogen and oxygen atoms in total. The first-order chi connectivity index (χ1) is 35.7. The van der Waals surface area contributed by atoms with E-state index < -0.39 is 35.1 Å². The zero-order chi connectivity index (χ0) is 50.4. The number of aromatic nitrogens is 16. The van der Waals surface area contributed by atoms with Crippen molar-refractivity contribution in [3.63, 3.8) is 0 Å². The molecule has 10 aromatic rings. The number of nitrogens with zero attached hydrogens (tertiary/aromatic N) is 17. The van der Waals surface area contributed by atoms with Crippen LogP contribution >= 0.6 is 0 Å². The van der Waals surface area contributed by atoms with Crippen LogP contribution in [0.4, 0.5) is 20.7 Å². The second-order valence-corrected chi connectivity index (χ2v) is 16.1. The zero-order valence-electron chi connectivity index (χ0n) is 38.1. The van der Waals surface area contributed by atoms with Crippen molar-refractivity contribution in [3.8, 4) is 23.0 Å². The fraction of sp³-hybridized carbons (Fsp3) is 0.174. The third-order valence-corrected chi connectivity index (χ3v) is 11.8.